The van der Waals surface area contributed by atoms with Crippen LogP contribution in [0.2, 0.25) is 0 Å². The van der Waals surface area contributed by atoms with E-state index in [4.69, 9.17) is 4.74 Å². The van der Waals surface area contributed by atoms with Crippen LogP contribution in [-0.4, -0.2) is 23.3 Å². The minimum Gasteiger partial charge on any atom is -0.462 e. The smallest absolute Gasteiger partial charge is 0.348 e. The number of fused-ring (bicyclic) bond motifs is 1. The summed E-state index contributed by atoms with van der Waals surface area (Å²) in [7, 11) is 0. The van der Waals surface area contributed by atoms with E-state index in [0.717, 1.165) is 17.0 Å². The number of hydrogen-bond donors (Lipinski definition) is 0. The van der Waals surface area contributed by atoms with E-state index >= 15 is 0 Å². The third-order valence-electron chi connectivity index (χ3n) is 4.25. The monoisotopic (exact) mass is 368 g/mol. The molecule has 0 saturated carbocycles. The summed E-state index contributed by atoms with van der Waals surface area (Å²) >= 11 is 0. The van der Waals surface area contributed by atoms with Gasteiger partial charge in [0.1, 0.15) is 23.6 Å². The summed E-state index contributed by atoms with van der Waals surface area (Å²) in [4.78, 5) is 11.9. The normalized spacial score (nSPS) is 17.3. The molecule has 0 radical (unpaired) electrons. The zero-order valence-electron chi connectivity index (χ0n) is 14.8. The summed E-state index contributed by atoms with van der Waals surface area (Å²) in [6.45, 7) is 2.16. The average molecular weight is 368 g/mol. The number of hydrogen-bond acceptors (Lipinski definition) is 3. The van der Waals surface area contributed by atoms with Gasteiger partial charge < -0.3 is 9.30 Å². The first-order valence-corrected chi connectivity index (χ1v) is 8.59. The van der Waals surface area contributed by atoms with Crippen LogP contribution in [0, 0.1) is 11.3 Å². The van der Waals surface area contributed by atoms with Gasteiger partial charge in [0.25, 0.3) is 0 Å². The SMILES string of the molecule is CCOC(=O)/C(C#N)=C/c1cn(CC2=CC(F)=CC(F)C2)c2ccccc12. The van der Waals surface area contributed by atoms with Crippen molar-refractivity contribution in [3.05, 3.63) is 65.2 Å². The Hall–Kier alpha value is -3.20. The van der Waals surface area contributed by atoms with Gasteiger partial charge in [-0.2, -0.15) is 5.26 Å². The summed E-state index contributed by atoms with van der Waals surface area (Å²) in [6, 6.07) is 9.31. The van der Waals surface area contributed by atoms with Gasteiger partial charge in [-0.3, -0.25) is 0 Å². The first-order chi connectivity index (χ1) is 13.0. The molecular formula is C21H18F2N2O2. The van der Waals surface area contributed by atoms with Gasteiger partial charge in [0.15, 0.2) is 0 Å². The van der Waals surface area contributed by atoms with Gasteiger partial charge in [-0.15, -0.1) is 0 Å². The fourth-order valence-corrected chi connectivity index (χ4v) is 3.14. The van der Waals surface area contributed by atoms with Crippen molar-refractivity contribution < 1.29 is 18.3 Å². The van der Waals surface area contributed by atoms with Crippen LogP contribution in [0.25, 0.3) is 17.0 Å². The number of nitriles is 1. The van der Waals surface area contributed by atoms with E-state index in [1.807, 2.05) is 34.9 Å². The number of halogens is 2. The van der Waals surface area contributed by atoms with Crippen LogP contribution in [0.3, 0.4) is 0 Å². The molecule has 3 rings (SSSR count). The number of nitrogens with zero attached hydrogens (tertiary/aromatic N) is 2. The highest BCUT2D eigenvalue weighted by molar-refractivity contribution is 6.01. The van der Waals surface area contributed by atoms with Crippen LogP contribution >= 0.6 is 0 Å². The summed E-state index contributed by atoms with van der Waals surface area (Å²) in [5, 5.41) is 10.1. The van der Waals surface area contributed by atoms with Crippen molar-refractivity contribution in [2.45, 2.75) is 26.1 Å². The number of benzene rings is 1. The molecule has 0 aliphatic heterocycles. The van der Waals surface area contributed by atoms with Gasteiger partial charge in [-0.25, -0.2) is 13.6 Å². The van der Waals surface area contributed by atoms with E-state index in [9.17, 15) is 18.8 Å². The summed E-state index contributed by atoms with van der Waals surface area (Å²) in [5.74, 6) is -1.26. The highest BCUT2D eigenvalue weighted by Gasteiger charge is 2.17. The third kappa shape index (κ3) is 4.14. The number of carbonyl (C=O) groups is 1. The Labute approximate surface area is 155 Å². The van der Waals surface area contributed by atoms with Crippen LogP contribution in [0.4, 0.5) is 8.78 Å². The zero-order chi connectivity index (χ0) is 19.4. The number of esters is 1. The second-order valence-corrected chi connectivity index (χ2v) is 6.19. The lowest BCUT2D eigenvalue weighted by atomic mass is 10.0. The van der Waals surface area contributed by atoms with Crippen molar-refractivity contribution in [3.63, 3.8) is 0 Å². The van der Waals surface area contributed by atoms with E-state index in [2.05, 4.69) is 0 Å². The first-order valence-electron chi connectivity index (χ1n) is 8.59. The molecule has 4 nitrogen and oxygen atoms in total. The molecular weight excluding hydrogens is 350 g/mol. The van der Waals surface area contributed by atoms with Crippen molar-refractivity contribution >= 4 is 22.9 Å². The second-order valence-electron chi connectivity index (χ2n) is 6.19. The Morgan fingerprint density at radius 1 is 1.44 bits per heavy atom. The Morgan fingerprint density at radius 3 is 2.93 bits per heavy atom. The molecule has 138 valence electrons. The average Bonchev–Trinajstić information content (AvgIpc) is 2.96. The first kappa shape index (κ1) is 18.6. The fraction of sp³-hybridized carbons (Fsp3) is 0.238. The molecule has 6 heteroatoms. The molecule has 0 spiro atoms. The highest BCUT2D eigenvalue weighted by atomic mass is 19.1. The van der Waals surface area contributed by atoms with Crippen LogP contribution < -0.4 is 0 Å². The largest absolute Gasteiger partial charge is 0.462 e. The second kappa shape index (κ2) is 8.00. The molecule has 1 heterocycles. The van der Waals surface area contributed by atoms with Crippen molar-refractivity contribution in [1.29, 1.82) is 5.26 Å². The predicted octanol–water partition coefficient (Wildman–Crippen LogP) is 4.63. The molecule has 0 saturated heterocycles. The van der Waals surface area contributed by atoms with E-state index in [1.54, 1.807) is 13.1 Å². The molecule has 2 aromatic rings. The molecule has 0 bridgehead atoms. The minimum absolute atomic E-state index is 0.102. The molecule has 1 aromatic heterocycles. The lowest BCUT2D eigenvalue weighted by molar-refractivity contribution is -0.137. The number of aromatic nitrogens is 1. The van der Waals surface area contributed by atoms with Crippen molar-refractivity contribution in [1.82, 2.24) is 4.57 Å². The lowest BCUT2D eigenvalue weighted by Gasteiger charge is -2.14. The Kier molecular flexibility index (Phi) is 5.51. The maximum atomic E-state index is 13.6. The van der Waals surface area contributed by atoms with Crippen molar-refractivity contribution in [2.24, 2.45) is 0 Å². The Bertz CT molecular complexity index is 1010. The number of rotatable bonds is 5. The lowest BCUT2D eigenvalue weighted by Crippen LogP contribution is -2.09. The molecule has 1 atom stereocenters. The standard InChI is InChI=1S/C21H18F2N2O2/c1-2-27-21(26)15(11-24)9-16-13-25(20-6-4-3-5-19(16)20)12-14-7-17(22)10-18(23)8-14/h3-7,9-10,13,18H,2,8,12H2,1H3/b15-9+. The third-order valence-corrected chi connectivity index (χ3v) is 4.25. The molecule has 27 heavy (non-hydrogen) atoms. The molecule has 1 unspecified atom stereocenters. The van der Waals surface area contributed by atoms with E-state index in [0.29, 0.717) is 17.7 Å². The molecule has 0 fully saturated rings. The van der Waals surface area contributed by atoms with Gasteiger partial charge in [0, 0.05) is 35.6 Å². The number of alkyl halides is 1. The molecule has 1 aromatic carbocycles. The van der Waals surface area contributed by atoms with Crippen LogP contribution in [0.5, 0.6) is 0 Å². The molecule has 1 aliphatic carbocycles. The maximum absolute atomic E-state index is 13.6. The van der Waals surface area contributed by atoms with Gasteiger partial charge in [-0.1, -0.05) is 18.2 Å². The summed E-state index contributed by atoms with van der Waals surface area (Å²) in [6.07, 6.45) is 4.36. The van der Waals surface area contributed by atoms with E-state index in [1.165, 1.54) is 12.2 Å². The van der Waals surface area contributed by atoms with Gasteiger partial charge in [0.05, 0.1) is 6.61 Å². The predicted molar refractivity (Wildman–Crippen MR) is 98.9 cm³/mol. The van der Waals surface area contributed by atoms with Gasteiger partial charge in [-0.05, 0) is 36.8 Å². The van der Waals surface area contributed by atoms with Gasteiger partial charge in [0.2, 0.25) is 0 Å². The Balaban J connectivity index is 2.01. The molecule has 0 N–H and O–H groups in total. The quantitative estimate of drug-likeness (QED) is 0.439. The zero-order valence-corrected chi connectivity index (χ0v) is 14.8. The highest BCUT2D eigenvalue weighted by Crippen LogP contribution is 2.27. The topological polar surface area (TPSA) is 55.0 Å². The minimum atomic E-state index is -1.33. The van der Waals surface area contributed by atoms with E-state index < -0.39 is 18.0 Å². The fourth-order valence-electron chi connectivity index (χ4n) is 3.14. The van der Waals surface area contributed by atoms with Crippen LogP contribution in [0.1, 0.15) is 18.9 Å². The maximum Gasteiger partial charge on any atom is 0.348 e. The van der Waals surface area contributed by atoms with Crippen LogP contribution in [-0.2, 0) is 16.1 Å². The van der Waals surface area contributed by atoms with Crippen molar-refractivity contribution in [2.75, 3.05) is 6.61 Å². The number of para-hydroxylation sites is 1. The van der Waals surface area contributed by atoms with Crippen molar-refractivity contribution in [3.8, 4) is 6.07 Å². The molecule has 0 amide bonds. The van der Waals surface area contributed by atoms with Crippen LogP contribution in [0.15, 0.2) is 59.6 Å². The number of allylic oxidation sites excluding steroid dienone is 4. The number of ether oxygens (including phenoxy) is 1. The van der Waals surface area contributed by atoms with Gasteiger partial charge >= 0.3 is 5.97 Å². The summed E-state index contributed by atoms with van der Waals surface area (Å²) in [5.41, 5.74) is 2.04. The Morgan fingerprint density at radius 2 is 2.22 bits per heavy atom. The number of carbonyl (C=O) groups excluding carboxylic acids is 1. The van der Waals surface area contributed by atoms with E-state index in [-0.39, 0.29) is 18.6 Å². The summed E-state index contributed by atoms with van der Waals surface area (Å²) < 4.78 is 33.9. The molecule has 1 aliphatic rings.